The van der Waals surface area contributed by atoms with Crippen LogP contribution < -0.4 is 0 Å². The Balaban J connectivity index is 4.70. The van der Waals surface area contributed by atoms with Gasteiger partial charge in [-0.25, -0.2) is 0 Å². The predicted molar refractivity (Wildman–Crippen MR) is 53.6 cm³/mol. The molecule has 0 bridgehead atoms. The molecule has 0 aromatic rings. The van der Waals surface area contributed by atoms with Crippen LogP contribution in [0.1, 0.15) is 27.7 Å². The number of carbonyl (C=O) groups excluding carboxylic acids is 1. The number of nitriles is 1. The van der Waals surface area contributed by atoms with Crippen molar-refractivity contribution in [3.8, 4) is 6.07 Å². The topological polar surface area (TPSA) is 53.3 Å². The predicted octanol–water partition coefficient (Wildman–Crippen LogP) is 1.17. The number of ether oxygens (including phenoxy) is 1. The quantitative estimate of drug-likeness (QED) is 0.637. The van der Waals surface area contributed by atoms with Gasteiger partial charge in [0.25, 0.3) is 5.91 Å². The van der Waals surface area contributed by atoms with Crippen LogP contribution in [0.4, 0.5) is 0 Å². The Morgan fingerprint density at radius 1 is 1.57 bits per heavy atom. The van der Waals surface area contributed by atoms with Crippen molar-refractivity contribution in [1.29, 1.82) is 5.26 Å². The summed E-state index contributed by atoms with van der Waals surface area (Å²) in [6.07, 6.45) is 0. The minimum absolute atomic E-state index is 0.0107. The molecule has 0 aromatic heterocycles. The smallest absolute Gasteiger partial charge is 0.255 e. The first-order chi connectivity index (χ1) is 6.36. The zero-order chi connectivity index (χ0) is 11.4. The van der Waals surface area contributed by atoms with Gasteiger partial charge < -0.3 is 9.64 Å². The van der Waals surface area contributed by atoms with Crippen LogP contribution in [0.25, 0.3) is 0 Å². The van der Waals surface area contributed by atoms with E-state index >= 15 is 0 Å². The Bertz CT molecular complexity index is 241. The molecule has 0 radical (unpaired) electrons. The standard InChI is InChI=1S/C10H18N2O2/c1-8(2)12(7-6-11)9(13)10(3,4)14-5/h8H,7H2,1-5H3. The van der Waals surface area contributed by atoms with Crippen LogP contribution in [0.3, 0.4) is 0 Å². The number of nitrogens with zero attached hydrogens (tertiary/aromatic N) is 2. The van der Waals surface area contributed by atoms with Crippen LogP contribution in [0, 0.1) is 11.3 Å². The second-order valence-electron chi connectivity index (χ2n) is 3.90. The maximum absolute atomic E-state index is 11.9. The number of hydrogen-bond donors (Lipinski definition) is 0. The maximum Gasteiger partial charge on any atom is 0.255 e. The molecule has 80 valence electrons. The number of hydrogen-bond acceptors (Lipinski definition) is 3. The third kappa shape index (κ3) is 3.00. The van der Waals surface area contributed by atoms with Gasteiger partial charge >= 0.3 is 0 Å². The Morgan fingerprint density at radius 2 is 2.07 bits per heavy atom. The molecule has 0 aliphatic heterocycles. The van der Waals surface area contributed by atoms with Gasteiger partial charge in [0.1, 0.15) is 12.1 Å². The second kappa shape index (κ2) is 4.97. The zero-order valence-electron chi connectivity index (χ0n) is 9.50. The highest BCUT2D eigenvalue weighted by Gasteiger charge is 2.32. The molecular weight excluding hydrogens is 180 g/mol. The minimum Gasteiger partial charge on any atom is -0.369 e. The molecule has 0 aliphatic rings. The minimum atomic E-state index is -0.860. The van der Waals surface area contributed by atoms with Crippen LogP contribution in [0.15, 0.2) is 0 Å². The van der Waals surface area contributed by atoms with Crippen molar-refractivity contribution in [2.45, 2.75) is 39.3 Å². The lowest BCUT2D eigenvalue weighted by Gasteiger charge is -2.31. The molecule has 0 N–H and O–H groups in total. The molecule has 4 heteroatoms. The summed E-state index contributed by atoms with van der Waals surface area (Å²) in [4.78, 5) is 13.4. The fourth-order valence-corrected chi connectivity index (χ4v) is 0.998. The van der Waals surface area contributed by atoms with Crippen LogP contribution in [0.2, 0.25) is 0 Å². The lowest BCUT2D eigenvalue weighted by atomic mass is 10.1. The average Bonchev–Trinajstić information content (AvgIpc) is 2.12. The maximum atomic E-state index is 11.9. The highest BCUT2D eigenvalue weighted by Crippen LogP contribution is 2.14. The van der Waals surface area contributed by atoms with E-state index in [1.54, 1.807) is 13.8 Å². The van der Waals surface area contributed by atoms with Gasteiger partial charge in [-0.15, -0.1) is 0 Å². The molecule has 0 unspecified atom stereocenters. The van der Waals surface area contributed by atoms with Gasteiger partial charge in [0, 0.05) is 13.2 Å². The van der Waals surface area contributed by atoms with Crippen molar-refractivity contribution in [3.05, 3.63) is 0 Å². The summed E-state index contributed by atoms with van der Waals surface area (Å²) in [5, 5.41) is 8.59. The van der Waals surface area contributed by atoms with Gasteiger partial charge in [-0.1, -0.05) is 0 Å². The van der Waals surface area contributed by atoms with Crippen molar-refractivity contribution < 1.29 is 9.53 Å². The molecule has 0 heterocycles. The second-order valence-corrected chi connectivity index (χ2v) is 3.90. The molecule has 0 fully saturated rings. The van der Waals surface area contributed by atoms with Gasteiger partial charge in [-0.05, 0) is 27.7 Å². The molecule has 0 aliphatic carbocycles. The molecule has 0 aromatic carbocycles. The fourth-order valence-electron chi connectivity index (χ4n) is 0.998. The zero-order valence-corrected chi connectivity index (χ0v) is 9.50. The van der Waals surface area contributed by atoms with E-state index in [9.17, 15) is 4.79 Å². The van der Waals surface area contributed by atoms with Crippen molar-refractivity contribution in [3.63, 3.8) is 0 Å². The van der Waals surface area contributed by atoms with E-state index in [-0.39, 0.29) is 18.5 Å². The number of carbonyl (C=O) groups is 1. The van der Waals surface area contributed by atoms with E-state index in [1.807, 2.05) is 19.9 Å². The Hall–Kier alpha value is -1.08. The first-order valence-corrected chi connectivity index (χ1v) is 4.60. The third-order valence-electron chi connectivity index (χ3n) is 2.15. The first-order valence-electron chi connectivity index (χ1n) is 4.60. The fraction of sp³-hybridized carbons (Fsp3) is 0.800. The summed E-state index contributed by atoms with van der Waals surface area (Å²) in [6, 6.07) is 1.99. The molecular formula is C10H18N2O2. The Kier molecular flexibility index (Phi) is 4.58. The lowest BCUT2D eigenvalue weighted by molar-refractivity contribution is -0.152. The van der Waals surface area contributed by atoms with Gasteiger partial charge in [0.05, 0.1) is 6.07 Å². The summed E-state index contributed by atoms with van der Waals surface area (Å²) in [7, 11) is 1.49. The van der Waals surface area contributed by atoms with E-state index in [0.29, 0.717) is 0 Å². The monoisotopic (exact) mass is 198 g/mol. The first kappa shape index (κ1) is 12.9. The normalized spacial score (nSPS) is 11.2. The molecule has 0 saturated carbocycles. The van der Waals surface area contributed by atoms with E-state index in [1.165, 1.54) is 12.0 Å². The third-order valence-corrected chi connectivity index (χ3v) is 2.15. The van der Waals surface area contributed by atoms with Crippen molar-refractivity contribution in [1.82, 2.24) is 4.90 Å². The van der Waals surface area contributed by atoms with E-state index in [2.05, 4.69) is 0 Å². The molecule has 14 heavy (non-hydrogen) atoms. The molecule has 0 spiro atoms. The molecule has 0 saturated heterocycles. The van der Waals surface area contributed by atoms with Crippen molar-refractivity contribution >= 4 is 5.91 Å². The summed E-state index contributed by atoms with van der Waals surface area (Å²) < 4.78 is 5.08. The summed E-state index contributed by atoms with van der Waals surface area (Å²) in [6.45, 7) is 7.25. The highest BCUT2D eigenvalue weighted by molar-refractivity contribution is 5.84. The van der Waals surface area contributed by atoms with Crippen molar-refractivity contribution in [2.24, 2.45) is 0 Å². The Labute approximate surface area is 85.5 Å². The van der Waals surface area contributed by atoms with Crippen LogP contribution >= 0.6 is 0 Å². The molecule has 0 rings (SSSR count). The van der Waals surface area contributed by atoms with Crippen LogP contribution in [0.5, 0.6) is 0 Å². The van der Waals surface area contributed by atoms with Gasteiger partial charge in [-0.3, -0.25) is 4.79 Å². The molecule has 1 amide bonds. The Morgan fingerprint density at radius 3 is 2.36 bits per heavy atom. The molecule has 4 nitrogen and oxygen atoms in total. The number of methoxy groups -OCH3 is 1. The van der Waals surface area contributed by atoms with Gasteiger partial charge in [-0.2, -0.15) is 5.26 Å². The van der Waals surface area contributed by atoms with E-state index < -0.39 is 5.60 Å². The number of rotatable bonds is 4. The summed E-state index contributed by atoms with van der Waals surface area (Å²) in [5.74, 6) is -0.156. The lowest BCUT2D eigenvalue weighted by Crippen LogP contribution is -2.49. The van der Waals surface area contributed by atoms with Crippen molar-refractivity contribution in [2.75, 3.05) is 13.7 Å². The number of amides is 1. The summed E-state index contributed by atoms with van der Waals surface area (Å²) >= 11 is 0. The molecule has 0 atom stereocenters. The van der Waals surface area contributed by atoms with E-state index in [0.717, 1.165) is 0 Å². The SMILES string of the molecule is COC(C)(C)C(=O)N(CC#N)C(C)C. The largest absolute Gasteiger partial charge is 0.369 e. The van der Waals surface area contributed by atoms with Gasteiger partial charge in [0.15, 0.2) is 0 Å². The highest BCUT2D eigenvalue weighted by atomic mass is 16.5. The summed E-state index contributed by atoms with van der Waals surface area (Å²) in [5.41, 5.74) is -0.860. The van der Waals surface area contributed by atoms with Gasteiger partial charge in [0.2, 0.25) is 0 Å². The van der Waals surface area contributed by atoms with Crippen LogP contribution in [-0.2, 0) is 9.53 Å². The average molecular weight is 198 g/mol. The van der Waals surface area contributed by atoms with E-state index in [4.69, 9.17) is 10.00 Å². The van der Waals surface area contributed by atoms with Crippen LogP contribution in [-0.4, -0.2) is 36.1 Å².